The summed E-state index contributed by atoms with van der Waals surface area (Å²) in [5.74, 6) is 0.856. The summed E-state index contributed by atoms with van der Waals surface area (Å²) in [5, 5.41) is 8.51. The average Bonchev–Trinajstić information content (AvgIpc) is 2.34. The number of methoxy groups -OCH3 is 1. The number of hydrogen-bond acceptors (Lipinski definition) is 3. The zero-order valence-corrected chi connectivity index (χ0v) is 9.56. The Kier molecular flexibility index (Phi) is 6.30. The Morgan fingerprint density at radius 2 is 1.94 bits per heavy atom. The Hall–Kier alpha value is -1.32. The molecular weight excluding hydrogens is 204 g/mol. The summed E-state index contributed by atoms with van der Waals surface area (Å²) >= 11 is 0. The van der Waals surface area contributed by atoms with E-state index in [1.807, 2.05) is 30.3 Å². The summed E-state index contributed by atoms with van der Waals surface area (Å²) in [5.41, 5.74) is 1.13. The van der Waals surface area contributed by atoms with Gasteiger partial charge in [-0.25, -0.2) is 0 Å². The van der Waals surface area contributed by atoms with E-state index in [4.69, 9.17) is 14.6 Å². The predicted molar refractivity (Wildman–Crippen MR) is 63.5 cm³/mol. The van der Waals surface area contributed by atoms with Gasteiger partial charge in [-0.15, -0.1) is 0 Å². The lowest BCUT2D eigenvalue weighted by Crippen LogP contribution is -1.94. The molecule has 0 aromatic heterocycles. The molecule has 1 aromatic carbocycles. The summed E-state index contributed by atoms with van der Waals surface area (Å²) in [6.07, 6.45) is 4.46. The normalized spacial score (nSPS) is 10.9. The van der Waals surface area contributed by atoms with Gasteiger partial charge in [0.15, 0.2) is 0 Å². The molecule has 3 nitrogen and oxygen atoms in total. The van der Waals surface area contributed by atoms with Crippen molar-refractivity contribution in [1.29, 1.82) is 0 Å². The molecule has 0 aliphatic carbocycles. The second-order valence-electron chi connectivity index (χ2n) is 3.34. The first-order valence-electron chi connectivity index (χ1n) is 5.33. The van der Waals surface area contributed by atoms with E-state index < -0.39 is 0 Å². The minimum atomic E-state index is 0.0957. The molecule has 0 aliphatic heterocycles. The molecule has 0 saturated heterocycles. The van der Waals surface area contributed by atoms with Gasteiger partial charge < -0.3 is 14.6 Å². The molecule has 0 unspecified atom stereocenters. The van der Waals surface area contributed by atoms with Crippen molar-refractivity contribution in [3.8, 4) is 5.75 Å². The number of benzene rings is 1. The second kappa shape index (κ2) is 7.91. The molecule has 0 aliphatic rings. The highest BCUT2D eigenvalue weighted by Crippen LogP contribution is 2.11. The monoisotopic (exact) mass is 222 g/mol. The molecule has 0 bridgehead atoms. The molecule has 0 spiro atoms. The molecule has 0 saturated carbocycles. The molecule has 0 fully saturated rings. The van der Waals surface area contributed by atoms with Crippen molar-refractivity contribution in [3.05, 3.63) is 42.0 Å². The first-order valence-corrected chi connectivity index (χ1v) is 5.33. The molecule has 0 radical (unpaired) electrons. The van der Waals surface area contributed by atoms with Gasteiger partial charge in [0.05, 0.1) is 26.9 Å². The van der Waals surface area contributed by atoms with Crippen molar-refractivity contribution in [1.82, 2.24) is 0 Å². The third-order valence-corrected chi connectivity index (χ3v) is 2.13. The van der Waals surface area contributed by atoms with Gasteiger partial charge in [0.1, 0.15) is 5.75 Å². The van der Waals surface area contributed by atoms with E-state index >= 15 is 0 Å². The Morgan fingerprint density at radius 3 is 2.56 bits per heavy atom. The number of aliphatic hydroxyl groups excluding tert-OH is 1. The zero-order chi connectivity index (χ0) is 11.6. The van der Waals surface area contributed by atoms with Crippen LogP contribution in [0.5, 0.6) is 5.75 Å². The summed E-state index contributed by atoms with van der Waals surface area (Å²) < 4.78 is 10.5. The molecule has 0 atom stereocenters. The standard InChI is InChI=1S/C13H18O3/c1-15-13-7-5-12(6-8-13)11-16-10-4-2-3-9-14/h2-3,5-8,14H,4,9-11H2,1H3. The lowest BCUT2D eigenvalue weighted by Gasteiger charge is -2.04. The Balaban J connectivity index is 2.19. The van der Waals surface area contributed by atoms with E-state index in [9.17, 15) is 0 Å². The van der Waals surface area contributed by atoms with Gasteiger partial charge in [0.2, 0.25) is 0 Å². The third-order valence-electron chi connectivity index (χ3n) is 2.13. The highest BCUT2D eigenvalue weighted by atomic mass is 16.5. The molecule has 0 amide bonds. The fourth-order valence-electron chi connectivity index (χ4n) is 1.26. The van der Waals surface area contributed by atoms with Crippen molar-refractivity contribution in [2.75, 3.05) is 20.3 Å². The average molecular weight is 222 g/mol. The van der Waals surface area contributed by atoms with Gasteiger partial charge >= 0.3 is 0 Å². The van der Waals surface area contributed by atoms with Crippen LogP contribution in [0, 0.1) is 0 Å². The van der Waals surface area contributed by atoms with Gasteiger partial charge in [-0.3, -0.25) is 0 Å². The molecule has 1 rings (SSSR count). The van der Waals surface area contributed by atoms with E-state index in [0.717, 1.165) is 17.7 Å². The summed E-state index contributed by atoms with van der Waals surface area (Å²) in [6, 6.07) is 7.82. The van der Waals surface area contributed by atoms with Crippen molar-refractivity contribution < 1.29 is 14.6 Å². The van der Waals surface area contributed by atoms with Crippen LogP contribution in [0.3, 0.4) is 0 Å². The van der Waals surface area contributed by atoms with Gasteiger partial charge in [-0.1, -0.05) is 24.3 Å². The van der Waals surface area contributed by atoms with Crippen molar-refractivity contribution in [2.45, 2.75) is 13.0 Å². The third kappa shape index (κ3) is 4.96. The molecule has 3 heteroatoms. The van der Waals surface area contributed by atoms with Gasteiger partial charge in [-0.2, -0.15) is 0 Å². The zero-order valence-electron chi connectivity index (χ0n) is 9.56. The minimum Gasteiger partial charge on any atom is -0.497 e. The Morgan fingerprint density at radius 1 is 1.19 bits per heavy atom. The summed E-state index contributed by atoms with van der Waals surface area (Å²) in [4.78, 5) is 0. The summed E-state index contributed by atoms with van der Waals surface area (Å²) in [7, 11) is 1.65. The van der Waals surface area contributed by atoms with E-state index in [2.05, 4.69) is 0 Å². The van der Waals surface area contributed by atoms with Crippen LogP contribution in [-0.2, 0) is 11.3 Å². The highest BCUT2D eigenvalue weighted by molar-refractivity contribution is 5.26. The molecule has 88 valence electrons. The van der Waals surface area contributed by atoms with Crippen molar-refractivity contribution in [3.63, 3.8) is 0 Å². The molecular formula is C13H18O3. The van der Waals surface area contributed by atoms with Crippen LogP contribution in [0.2, 0.25) is 0 Å². The van der Waals surface area contributed by atoms with E-state index in [0.29, 0.717) is 13.2 Å². The number of aliphatic hydroxyl groups is 1. The fraction of sp³-hybridized carbons (Fsp3) is 0.385. The first-order chi connectivity index (χ1) is 7.86. The second-order valence-corrected chi connectivity index (χ2v) is 3.34. The number of ether oxygens (including phenoxy) is 2. The smallest absolute Gasteiger partial charge is 0.118 e. The molecule has 1 N–H and O–H groups in total. The topological polar surface area (TPSA) is 38.7 Å². The maximum Gasteiger partial charge on any atom is 0.118 e. The lowest BCUT2D eigenvalue weighted by molar-refractivity contribution is 0.125. The number of rotatable bonds is 7. The number of hydrogen-bond donors (Lipinski definition) is 1. The van der Waals surface area contributed by atoms with Crippen LogP contribution >= 0.6 is 0 Å². The Bertz CT molecular complexity index is 303. The van der Waals surface area contributed by atoms with Crippen LogP contribution in [0.25, 0.3) is 0 Å². The van der Waals surface area contributed by atoms with Crippen LogP contribution in [0.1, 0.15) is 12.0 Å². The molecule has 1 aromatic rings. The Labute approximate surface area is 96.3 Å². The minimum absolute atomic E-state index is 0.0957. The maximum absolute atomic E-state index is 8.51. The van der Waals surface area contributed by atoms with Crippen molar-refractivity contribution >= 4 is 0 Å². The summed E-state index contributed by atoms with van der Waals surface area (Å²) in [6.45, 7) is 1.37. The van der Waals surface area contributed by atoms with Gasteiger partial charge in [0, 0.05) is 0 Å². The maximum atomic E-state index is 8.51. The van der Waals surface area contributed by atoms with Gasteiger partial charge in [0.25, 0.3) is 0 Å². The van der Waals surface area contributed by atoms with Crippen LogP contribution in [0.4, 0.5) is 0 Å². The van der Waals surface area contributed by atoms with Crippen LogP contribution in [0.15, 0.2) is 36.4 Å². The van der Waals surface area contributed by atoms with Crippen molar-refractivity contribution in [2.24, 2.45) is 0 Å². The van der Waals surface area contributed by atoms with E-state index in [1.54, 1.807) is 13.2 Å². The SMILES string of the molecule is COc1ccc(COCCC=CCO)cc1. The van der Waals surface area contributed by atoms with E-state index in [1.165, 1.54) is 0 Å². The molecule has 0 heterocycles. The van der Waals surface area contributed by atoms with Gasteiger partial charge in [-0.05, 0) is 24.1 Å². The quantitative estimate of drug-likeness (QED) is 0.567. The largest absolute Gasteiger partial charge is 0.497 e. The molecule has 16 heavy (non-hydrogen) atoms. The van der Waals surface area contributed by atoms with Crippen LogP contribution < -0.4 is 4.74 Å². The highest BCUT2D eigenvalue weighted by Gasteiger charge is 1.94. The van der Waals surface area contributed by atoms with Crippen LogP contribution in [-0.4, -0.2) is 25.4 Å². The first kappa shape index (κ1) is 12.7. The van der Waals surface area contributed by atoms with E-state index in [-0.39, 0.29) is 6.61 Å². The fourth-order valence-corrected chi connectivity index (χ4v) is 1.26. The predicted octanol–water partition coefficient (Wildman–Crippen LogP) is 2.15. The lowest BCUT2D eigenvalue weighted by atomic mass is 10.2.